The molecule has 1 saturated heterocycles. The lowest BCUT2D eigenvalue weighted by atomic mass is 9.95. The Morgan fingerprint density at radius 2 is 1.75 bits per heavy atom. The van der Waals surface area contributed by atoms with Gasteiger partial charge in [0.25, 0.3) is 11.7 Å². The van der Waals surface area contributed by atoms with Crippen LogP contribution < -0.4 is 5.32 Å². The van der Waals surface area contributed by atoms with Gasteiger partial charge in [0.15, 0.2) is 0 Å². The van der Waals surface area contributed by atoms with E-state index in [1.165, 1.54) is 30.0 Å². The molecule has 0 radical (unpaired) electrons. The van der Waals surface area contributed by atoms with E-state index in [-0.39, 0.29) is 35.9 Å². The summed E-state index contributed by atoms with van der Waals surface area (Å²) in [6, 6.07) is 13.0. The largest absolute Gasteiger partial charge is 0.507 e. The summed E-state index contributed by atoms with van der Waals surface area (Å²) in [4.78, 5) is 37.6. The number of carbonyl (C=O) groups is 3. The van der Waals surface area contributed by atoms with Crippen LogP contribution in [0.5, 0.6) is 0 Å². The first-order valence-electron chi connectivity index (χ1n) is 8.74. The van der Waals surface area contributed by atoms with Gasteiger partial charge in [-0.25, -0.2) is 4.39 Å². The predicted molar refractivity (Wildman–Crippen MR) is 101 cm³/mol. The molecule has 0 saturated carbocycles. The first-order valence-corrected chi connectivity index (χ1v) is 8.74. The van der Waals surface area contributed by atoms with E-state index in [1.807, 2.05) is 0 Å². The maximum Gasteiger partial charge on any atom is 0.295 e. The zero-order chi connectivity index (χ0) is 20.3. The number of hydrogen-bond donors (Lipinski definition) is 2. The standard InChI is InChI=1S/C21H19FN2O4/c1-13(25)23-11-12-24-18(15-9-5-6-10-16(15)22)17(20(27)21(24)28)19(26)14-7-3-2-4-8-14/h2-10,18,26H,11-12H2,1H3,(H,23,25)/t18-/m1/s1. The second kappa shape index (κ2) is 8.04. The molecule has 144 valence electrons. The summed E-state index contributed by atoms with van der Waals surface area (Å²) in [5.74, 6) is -3.00. The van der Waals surface area contributed by atoms with Crippen LogP contribution in [0, 0.1) is 5.82 Å². The number of aliphatic hydroxyl groups excluding tert-OH is 1. The number of hydrogen-bond acceptors (Lipinski definition) is 4. The Bertz CT molecular complexity index is 956. The van der Waals surface area contributed by atoms with Crippen LogP contribution in [0.1, 0.15) is 24.1 Å². The van der Waals surface area contributed by atoms with Crippen molar-refractivity contribution in [3.8, 4) is 0 Å². The minimum Gasteiger partial charge on any atom is -0.507 e. The molecule has 7 heteroatoms. The lowest BCUT2D eigenvalue weighted by Crippen LogP contribution is -2.37. The number of halogens is 1. The maximum absolute atomic E-state index is 14.5. The van der Waals surface area contributed by atoms with Crippen molar-refractivity contribution in [1.82, 2.24) is 10.2 Å². The van der Waals surface area contributed by atoms with Crippen molar-refractivity contribution in [1.29, 1.82) is 0 Å². The fraction of sp³-hybridized carbons (Fsp3) is 0.190. The average Bonchev–Trinajstić information content (AvgIpc) is 2.93. The number of carbonyl (C=O) groups excluding carboxylic acids is 3. The van der Waals surface area contributed by atoms with Crippen LogP contribution in [0.25, 0.3) is 5.76 Å². The molecule has 0 aromatic heterocycles. The van der Waals surface area contributed by atoms with Gasteiger partial charge in [0.2, 0.25) is 5.91 Å². The number of nitrogens with zero attached hydrogens (tertiary/aromatic N) is 1. The summed E-state index contributed by atoms with van der Waals surface area (Å²) in [5, 5.41) is 13.3. The topological polar surface area (TPSA) is 86.7 Å². The molecule has 2 N–H and O–H groups in total. The van der Waals surface area contributed by atoms with Crippen LogP contribution in [0.3, 0.4) is 0 Å². The van der Waals surface area contributed by atoms with Crippen LogP contribution in [-0.4, -0.2) is 40.7 Å². The zero-order valence-corrected chi connectivity index (χ0v) is 15.2. The highest BCUT2D eigenvalue weighted by Crippen LogP contribution is 2.39. The van der Waals surface area contributed by atoms with Crippen LogP contribution in [0.15, 0.2) is 60.2 Å². The van der Waals surface area contributed by atoms with Crippen molar-refractivity contribution in [3.63, 3.8) is 0 Å². The van der Waals surface area contributed by atoms with E-state index in [4.69, 9.17) is 0 Å². The number of Topliss-reactive ketones (excluding diaryl/α,β-unsaturated/α-hetero) is 1. The normalized spacial score (nSPS) is 18.4. The Morgan fingerprint density at radius 3 is 2.39 bits per heavy atom. The number of aliphatic hydroxyl groups is 1. The third-order valence-electron chi connectivity index (χ3n) is 4.51. The second-order valence-corrected chi connectivity index (χ2v) is 6.36. The Hall–Kier alpha value is -3.48. The molecule has 1 aliphatic rings. The first kappa shape index (κ1) is 19.3. The quantitative estimate of drug-likeness (QED) is 0.472. The van der Waals surface area contributed by atoms with E-state index < -0.39 is 23.5 Å². The lowest BCUT2D eigenvalue weighted by molar-refractivity contribution is -0.140. The zero-order valence-electron chi connectivity index (χ0n) is 15.2. The molecule has 1 aliphatic heterocycles. The molecule has 1 heterocycles. The van der Waals surface area contributed by atoms with Gasteiger partial charge in [-0.15, -0.1) is 0 Å². The first-order chi connectivity index (χ1) is 13.4. The molecule has 2 aromatic rings. The molecule has 1 fully saturated rings. The third kappa shape index (κ3) is 3.64. The van der Waals surface area contributed by atoms with E-state index in [0.717, 1.165) is 0 Å². The number of ketones is 1. The molecule has 1 atom stereocenters. The SMILES string of the molecule is CC(=O)NCCN1C(=O)C(=O)C(=C(O)c2ccccc2)[C@H]1c1ccccc1F. The molecule has 2 amide bonds. The number of likely N-dealkylation sites (tertiary alicyclic amines) is 1. The number of amides is 2. The van der Waals surface area contributed by atoms with Gasteiger partial charge in [-0.05, 0) is 6.07 Å². The molecule has 0 aliphatic carbocycles. The second-order valence-electron chi connectivity index (χ2n) is 6.36. The molecule has 6 nitrogen and oxygen atoms in total. The van der Waals surface area contributed by atoms with Crippen molar-refractivity contribution < 1.29 is 23.9 Å². The summed E-state index contributed by atoms with van der Waals surface area (Å²) in [7, 11) is 0. The number of benzene rings is 2. The summed E-state index contributed by atoms with van der Waals surface area (Å²) in [6.07, 6.45) is 0. The van der Waals surface area contributed by atoms with E-state index in [2.05, 4.69) is 5.32 Å². The van der Waals surface area contributed by atoms with Gasteiger partial charge in [0.05, 0.1) is 11.6 Å². The summed E-state index contributed by atoms with van der Waals surface area (Å²) >= 11 is 0. The highest BCUT2D eigenvalue weighted by Gasteiger charge is 2.46. The smallest absolute Gasteiger partial charge is 0.295 e. The minimum absolute atomic E-state index is 0.00523. The summed E-state index contributed by atoms with van der Waals surface area (Å²) < 4.78 is 14.5. The molecule has 0 spiro atoms. The van der Waals surface area contributed by atoms with Crippen LogP contribution in [0.2, 0.25) is 0 Å². The maximum atomic E-state index is 14.5. The van der Waals surface area contributed by atoms with Gasteiger partial charge < -0.3 is 15.3 Å². The van der Waals surface area contributed by atoms with E-state index in [9.17, 15) is 23.9 Å². The molecular weight excluding hydrogens is 363 g/mol. The lowest BCUT2D eigenvalue weighted by Gasteiger charge is -2.25. The Balaban J connectivity index is 2.11. The van der Waals surface area contributed by atoms with Crippen molar-refractivity contribution in [2.75, 3.05) is 13.1 Å². The van der Waals surface area contributed by atoms with Crippen LogP contribution in [-0.2, 0) is 14.4 Å². The predicted octanol–water partition coefficient (Wildman–Crippen LogP) is 2.38. The summed E-state index contributed by atoms with van der Waals surface area (Å²) in [5.41, 5.74) is 0.273. The van der Waals surface area contributed by atoms with Gasteiger partial charge >= 0.3 is 0 Å². The van der Waals surface area contributed by atoms with Crippen molar-refractivity contribution in [3.05, 3.63) is 77.1 Å². The van der Waals surface area contributed by atoms with Crippen LogP contribution in [0.4, 0.5) is 4.39 Å². The number of nitrogens with one attached hydrogen (secondary N) is 1. The molecular formula is C21H19FN2O4. The molecule has 28 heavy (non-hydrogen) atoms. The van der Waals surface area contributed by atoms with Gasteiger partial charge in [0, 0.05) is 31.1 Å². The van der Waals surface area contributed by atoms with Crippen molar-refractivity contribution in [2.45, 2.75) is 13.0 Å². The molecule has 2 aromatic carbocycles. The molecule has 0 bridgehead atoms. The highest BCUT2D eigenvalue weighted by molar-refractivity contribution is 6.46. The Morgan fingerprint density at radius 1 is 1.11 bits per heavy atom. The van der Waals surface area contributed by atoms with Gasteiger partial charge in [-0.1, -0.05) is 48.5 Å². The van der Waals surface area contributed by atoms with E-state index >= 15 is 0 Å². The van der Waals surface area contributed by atoms with Crippen molar-refractivity contribution in [2.24, 2.45) is 0 Å². The van der Waals surface area contributed by atoms with E-state index in [1.54, 1.807) is 36.4 Å². The van der Waals surface area contributed by atoms with Crippen LogP contribution >= 0.6 is 0 Å². The Labute approximate surface area is 161 Å². The summed E-state index contributed by atoms with van der Waals surface area (Å²) in [6.45, 7) is 1.42. The minimum atomic E-state index is -1.09. The Kier molecular flexibility index (Phi) is 5.54. The van der Waals surface area contributed by atoms with E-state index in [0.29, 0.717) is 5.56 Å². The molecule has 0 unspecified atom stereocenters. The van der Waals surface area contributed by atoms with Gasteiger partial charge in [0.1, 0.15) is 11.6 Å². The third-order valence-corrected chi connectivity index (χ3v) is 4.51. The monoisotopic (exact) mass is 382 g/mol. The van der Waals surface area contributed by atoms with Gasteiger partial charge in [-0.2, -0.15) is 0 Å². The average molecular weight is 382 g/mol. The number of rotatable bonds is 5. The fourth-order valence-electron chi connectivity index (χ4n) is 3.23. The van der Waals surface area contributed by atoms with Crippen molar-refractivity contribution >= 4 is 23.4 Å². The molecule has 3 rings (SSSR count). The fourth-order valence-corrected chi connectivity index (χ4v) is 3.23. The van der Waals surface area contributed by atoms with Gasteiger partial charge in [-0.3, -0.25) is 14.4 Å². The highest BCUT2D eigenvalue weighted by atomic mass is 19.1.